The summed E-state index contributed by atoms with van der Waals surface area (Å²) in [6, 6.07) is 7.35. The molecule has 0 saturated carbocycles. The van der Waals surface area contributed by atoms with Crippen LogP contribution in [0, 0.1) is 0 Å². The van der Waals surface area contributed by atoms with Crippen molar-refractivity contribution in [3.8, 4) is 17.0 Å². The first kappa shape index (κ1) is 14.2. The zero-order valence-electron chi connectivity index (χ0n) is 11.9. The Morgan fingerprint density at radius 1 is 1.33 bits per heavy atom. The van der Waals surface area contributed by atoms with Crippen molar-refractivity contribution in [3.63, 3.8) is 0 Å². The first-order valence-electron chi connectivity index (χ1n) is 6.72. The summed E-state index contributed by atoms with van der Waals surface area (Å²) in [6.07, 6.45) is 3.35. The Bertz CT molecular complexity index is 790. The molecule has 0 saturated heterocycles. The van der Waals surface area contributed by atoms with Crippen molar-refractivity contribution in [3.05, 3.63) is 41.6 Å². The molecule has 21 heavy (non-hydrogen) atoms. The van der Waals surface area contributed by atoms with Crippen molar-refractivity contribution in [1.82, 2.24) is 4.57 Å². The molecule has 1 aliphatic carbocycles. The van der Waals surface area contributed by atoms with Gasteiger partial charge in [0, 0.05) is 24.7 Å². The van der Waals surface area contributed by atoms with E-state index in [4.69, 9.17) is 4.18 Å². The number of hydrogen-bond acceptors (Lipinski definition) is 4. The van der Waals surface area contributed by atoms with Crippen LogP contribution < -0.4 is 4.18 Å². The van der Waals surface area contributed by atoms with E-state index in [2.05, 4.69) is 0 Å². The molecular formula is C15H17NO4S. The van der Waals surface area contributed by atoms with Crippen LogP contribution >= 0.6 is 0 Å². The van der Waals surface area contributed by atoms with Crippen molar-refractivity contribution in [1.29, 1.82) is 0 Å². The molecule has 1 aliphatic rings. The van der Waals surface area contributed by atoms with Crippen LogP contribution in [0.3, 0.4) is 0 Å². The standard InChI is InChI=1S/C15H17NO4S/c1-10(17)9-16-6-5-12-7-11-3-4-13(20-21(2,18)19)8-14(11)15(12)16/h3-6,8,10,17H,7,9H2,1-2H3. The van der Waals surface area contributed by atoms with Crippen molar-refractivity contribution < 1.29 is 17.7 Å². The average Bonchev–Trinajstić information content (AvgIpc) is 2.87. The third kappa shape index (κ3) is 2.82. The third-order valence-corrected chi connectivity index (χ3v) is 3.97. The minimum atomic E-state index is -3.53. The summed E-state index contributed by atoms with van der Waals surface area (Å²) in [5, 5.41) is 9.59. The van der Waals surface area contributed by atoms with Gasteiger partial charge in [-0.05, 0) is 36.2 Å². The van der Waals surface area contributed by atoms with E-state index < -0.39 is 16.2 Å². The maximum absolute atomic E-state index is 11.2. The molecule has 0 spiro atoms. The van der Waals surface area contributed by atoms with Gasteiger partial charge in [-0.2, -0.15) is 8.42 Å². The summed E-state index contributed by atoms with van der Waals surface area (Å²) < 4.78 is 29.4. The lowest BCUT2D eigenvalue weighted by Gasteiger charge is -2.12. The number of aliphatic hydroxyl groups excluding tert-OH is 1. The molecule has 0 bridgehead atoms. The van der Waals surface area contributed by atoms with Gasteiger partial charge in [-0.1, -0.05) is 6.07 Å². The maximum atomic E-state index is 11.2. The van der Waals surface area contributed by atoms with Crippen molar-refractivity contribution in [2.75, 3.05) is 6.26 Å². The van der Waals surface area contributed by atoms with Crippen molar-refractivity contribution >= 4 is 10.1 Å². The number of nitrogens with zero attached hydrogens (tertiary/aromatic N) is 1. The average molecular weight is 307 g/mol. The number of benzene rings is 1. The SMILES string of the molecule is CC(O)Cn1ccc2c1-c1cc(OS(C)(=O)=O)ccc1C2. The molecule has 0 fully saturated rings. The topological polar surface area (TPSA) is 68.5 Å². The van der Waals surface area contributed by atoms with Crippen LogP contribution in [0.15, 0.2) is 30.5 Å². The molecule has 1 heterocycles. The molecule has 0 radical (unpaired) electrons. The predicted octanol–water partition coefficient (Wildman–Crippen LogP) is 1.78. The second-order valence-corrected chi connectivity index (χ2v) is 7.05. The van der Waals surface area contributed by atoms with Gasteiger partial charge in [-0.15, -0.1) is 0 Å². The molecule has 3 rings (SSSR count). The second-order valence-electron chi connectivity index (χ2n) is 5.47. The molecule has 1 aromatic heterocycles. The minimum absolute atomic E-state index is 0.314. The summed E-state index contributed by atoms with van der Waals surface area (Å²) in [6.45, 7) is 2.25. The molecule has 1 atom stereocenters. The van der Waals surface area contributed by atoms with Crippen LogP contribution in [-0.4, -0.2) is 30.5 Å². The minimum Gasteiger partial charge on any atom is -0.392 e. The maximum Gasteiger partial charge on any atom is 0.306 e. The number of aromatic nitrogens is 1. The lowest BCUT2D eigenvalue weighted by Crippen LogP contribution is -2.11. The number of rotatable bonds is 4. The lowest BCUT2D eigenvalue weighted by molar-refractivity contribution is 0.174. The molecule has 0 aliphatic heterocycles. The molecule has 6 heteroatoms. The zero-order valence-corrected chi connectivity index (χ0v) is 12.7. The van der Waals surface area contributed by atoms with Gasteiger partial charge in [0.2, 0.25) is 0 Å². The van der Waals surface area contributed by atoms with Gasteiger partial charge in [0.1, 0.15) is 5.75 Å². The van der Waals surface area contributed by atoms with Crippen LogP contribution in [-0.2, 0) is 23.1 Å². The lowest BCUT2D eigenvalue weighted by atomic mass is 10.1. The van der Waals surface area contributed by atoms with E-state index in [9.17, 15) is 13.5 Å². The monoisotopic (exact) mass is 307 g/mol. The molecule has 1 unspecified atom stereocenters. The number of hydrogen-bond donors (Lipinski definition) is 1. The van der Waals surface area contributed by atoms with E-state index in [-0.39, 0.29) is 0 Å². The fourth-order valence-corrected chi connectivity index (χ4v) is 3.24. The Morgan fingerprint density at radius 3 is 2.76 bits per heavy atom. The number of aliphatic hydroxyl groups is 1. The van der Waals surface area contributed by atoms with E-state index >= 15 is 0 Å². The Labute approximate surface area is 123 Å². The van der Waals surface area contributed by atoms with E-state index in [0.717, 1.165) is 29.5 Å². The van der Waals surface area contributed by atoms with Gasteiger partial charge in [-0.3, -0.25) is 0 Å². The third-order valence-electron chi connectivity index (χ3n) is 3.47. The van der Waals surface area contributed by atoms with E-state index in [1.165, 1.54) is 5.56 Å². The molecule has 1 aromatic carbocycles. The summed E-state index contributed by atoms with van der Waals surface area (Å²) >= 11 is 0. The Kier molecular flexibility index (Phi) is 3.30. The van der Waals surface area contributed by atoms with Gasteiger partial charge in [-0.25, -0.2) is 0 Å². The van der Waals surface area contributed by atoms with Crippen molar-refractivity contribution in [2.45, 2.75) is 26.0 Å². The zero-order chi connectivity index (χ0) is 15.2. The van der Waals surface area contributed by atoms with Crippen molar-refractivity contribution in [2.24, 2.45) is 0 Å². The number of fused-ring (bicyclic) bond motifs is 3. The van der Waals surface area contributed by atoms with Gasteiger partial charge in [0.05, 0.1) is 18.1 Å². The normalized spacial score (nSPS) is 14.6. The summed E-state index contributed by atoms with van der Waals surface area (Å²) in [5.74, 6) is 0.314. The van der Waals surface area contributed by atoms with Gasteiger partial charge >= 0.3 is 10.1 Å². The van der Waals surface area contributed by atoms with Crippen LogP contribution in [0.2, 0.25) is 0 Å². The molecule has 1 N–H and O–H groups in total. The smallest absolute Gasteiger partial charge is 0.306 e. The Morgan fingerprint density at radius 2 is 2.10 bits per heavy atom. The Balaban J connectivity index is 2.03. The fraction of sp³-hybridized carbons (Fsp3) is 0.333. The van der Waals surface area contributed by atoms with Gasteiger partial charge in [0.25, 0.3) is 0 Å². The van der Waals surface area contributed by atoms with Gasteiger partial charge in [0.15, 0.2) is 0 Å². The summed E-state index contributed by atoms with van der Waals surface area (Å²) in [5.41, 5.74) is 4.32. The first-order chi connectivity index (χ1) is 9.83. The highest BCUT2D eigenvalue weighted by atomic mass is 32.2. The van der Waals surface area contributed by atoms with E-state index in [1.807, 2.05) is 22.9 Å². The quantitative estimate of drug-likeness (QED) is 0.746. The van der Waals surface area contributed by atoms with Crippen LogP contribution in [0.25, 0.3) is 11.3 Å². The molecule has 5 nitrogen and oxygen atoms in total. The predicted molar refractivity (Wildman–Crippen MR) is 79.8 cm³/mol. The van der Waals surface area contributed by atoms with Crippen LogP contribution in [0.1, 0.15) is 18.1 Å². The fourth-order valence-electron chi connectivity index (χ4n) is 2.79. The molecular weight excluding hydrogens is 290 g/mol. The highest BCUT2D eigenvalue weighted by Gasteiger charge is 2.23. The van der Waals surface area contributed by atoms with E-state index in [0.29, 0.717) is 12.3 Å². The molecule has 2 aromatic rings. The second kappa shape index (κ2) is 4.89. The van der Waals surface area contributed by atoms with Gasteiger partial charge < -0.3 is 13.9 Å². The molecule has 0 amide bonds. The first-order valence-corrected chi connectivity index (χ1v) is 8.54. The largest absolute Gasteiger partial charge is 0.392 e. The Hall–Kier alpha value is -1.79. The van der Waals surface area contributed by atoms with E-state index in [1.54, 1.807) is 19.1 Å². The van der Waals surface area contributed by atoms with Crippen LogP contribution in [0.4, 0.5) is 0 Å². The summed E-state index contributed by atoms with van der Waals surface area (Å²) in [4.78, 5) is 0. The summed E-state index contributed by atoms with van der Waals surface area (Å²) in [7, 11) is -3.53. The highest BCUT2D eigenvalue weighted by Crippen LogP contribution is 2.39. The molecule has 112 valence electrons. The highest BCUT2D eigenvalue weighted by molar-refractivity contribution is 7.86. The van der Waals surface area contributed by atoms with Crippen LogP contribution in [0.5, 0.6) is 5.75 Å².